The van der Waals surface area contributed by atoms with E-state index < -0.39 is 0 Å². The van der Waals surface area contributed by atoms with Crippen LogP contribution in [0.1, 0.15) is 43.7 Å². The Morgan fingerprint density at radius 2 is 1.69 bits per heavy atom. The van der Waals surface area contributed by atoms with Gasteiger partial charge in [-0.15, -0.1) is 0 Å². The number of unbranched alkanes of at least 4 members (excludes halogenated alkanes) is 1. The minimum atomic E-state index is -0.0959. The zero-order valence-corrected chi connectivity index (χ0v) is 21.0. The molecule has 0 unspecified atom stereocenters. The van der Waals surface area contributed by atoms with Crippen molar-refractivity contribution in [2.45, 2.75) is 45.7 Å². The second-order valence-corrected chi connectivity index (χ2v) is 9.73. The first-order chi connectivity index (χ1) is 17.6. The monoisotopic (exact) mass is 485 g/mol. The molecule has 36 heavy (non-hydrogen) atoms. The lowest BCUT2D eigenvalue weighted by Crippen LogP contribution is -2.38. The molecule has 3 aromatic rings. The van der Waals surface area contributed by atoms with Gasteiger partial charge in [-0.2, -0.15) is 4.98 Å². The summed E-state index contributed by atoms with van der Waals surface area (Å²) in [5.41, 5.74) is 12.5. The number of nitrogens with two attached hydrogens (primary N) is 1. The Morgan fingerprint density at radius 3 is 2.39 bits per heavy atom. The molecule has 3 N–H and O–H groups in total. The third-order valence-corrected chi connectivity index (χ3v) is 6.86. The summed E-state index contributed by atoms with van der Waals surface area (Å²) in [5, 5.41) is 2.88. The fourth-order valence-corrected chi connectivity index (χ4v) is 5.00. The van der Waals surface area contributed by atoms with Gasteiger partial charge in [-0.1, -0.05) is 49.7 Å². The zero-order valence-electron chi connectivity index (χ0n) is 21.0. The van der Waals surface area contributed by atoms with Gasteiger partial charge < -0.3 is 20.7 Å². The summed E-state index contributed by atoms with van der Waals surface area (Å²) < 4.78 is 5.82. The standard InChI is InChI=1S/C29H35N5O2/c1-2-3-14-36-27-17-25-28(29(30)32-27)31-26(35)20-34(25)19-22-9-7-11-24(16-22)23-10-6-8-21(15-23)18-33-12-4-5-13-33/h6-11,15-17H,2-5,12-14,18-20H2,1H3,(H2,30,32)(H,31,35). The molecule has 7 heteroatoms. The van der Waals surface area contributed by atoms with Gasteiger partial charge >= 0.3 is 0 Å². The van der Waals surface area contributed by atoms with Crippen LogP contribution in [0.4, 0.5) is 17.2 Å². The van der Waals surface area contributed by atoms with Crippen LogP contribution in [0.25, 0.3) is 11.1 Å². The van der Waals surface area contributed by atoms with Crippen LogP contribution in [-0.4, -0.2) is 42.0 Å². The van der Waals surface area contributed by atoms with Gasteiger partial charge in [0.15, 0.2) is 5.82 Å². The van der Waals surface area contributed by atoms with E-state index in [1.165, 1.54) is 42.6 Å². The van der Waals surface area contributed by atoms with E-state index in [9.17, 15) is 4.79 Å². The Bertz CT molecular complexity index is 1220. The van der Waals surface area contributed by atoms with E-state index in [4.69, 9.17) is 10.5 Å². The number of ether oxygens (including phenoxy) is 1. The van der Waals surface area contributed by atoms with Crippen LogP contribution in [0.5, 0.6) is 5.88 Å². The number of amides is 1. The van der Waals surface area contributed by atoms with Crippen LogP contribution in [0.2, 0.25) is 0 Å². The number of fused-ring (bicyclic) bond motifs is 1. The number of anilines is 3. The van der Waals surface area contributed by atoms with Crippen molar-refractivity contribution in [2.24, 2.45) is 0 Å². The molecular weight excluding hydrogens is 450 g/mol. The van der Waals surface area contributed by atoms with Crippen molar-refractivity contribution in [2.75, 3.05) is 42.2 Å². The van der Waals surface area contributed by atoms with E-state index in [-0.39, 0.29) is 18.3 Å². The predicted octanol–water partition coefficient (Wildman–Crippen LogP) is 5.06. The molecule has 1 amide bonds. The third kappa shape index (κ3) is 5.62. The predicted molar refractivity (Wildman–Crippen MR) is 145 cm³/mol. The molecule has 0 spiro atoms. The average Bonchev–Trinajstić information content (AvgIpc) is 3.38. The van der Waals surface area contributed by atoms with Crippen LogP contribution in [-0.2, 0) is 17.9 Å². The highest BCUT2D eigenvalue weighted by Crippen LogP contribution is 2.37. The summed E-state index contributed by atoms with van der Waals surface area (Å²) in [7, 11) is 0. The maximum absolute atomic E-state index is 12.5. The smallest absolute Gasteiger partial charge is 0.244 e. The van der Waals surface area contributed by atoms with Gasteiger partial charge in [0.1, 0.15) is 5.69 Å². The summed E-state index contributed by atoms with van der Waals surface area (Å²) in [6.07, 6.45) is 4.59. The number of carbonyl (C=O) groups excluding carboxylic acids is 1. The number of nitrogens with zero attached hydrogens (tertiary/aromatic N) is 3. The highest BCUT2D eigenvalue weighted by atomic mass is 16.5. The third-order valence-electron chi connectivity index (χ3n) is 6.86. The number of aromatic nitrogens is 1. The van der Waals surface area contributed by atoms with Crippen molar-refractivity contribution in [1.82, 2.24) is 9.88 Å². The van der Waals surface area contributed by atoms with Crippen molar-refractivity contribution < 1.29 is 9.53 Å². The first-order valence-corrected chi connectivity index (χ1v) is 13.0. The van der Waals surface area contributed by atoms with Crippen molar-refractivity contribution in [3.8, 4) is 17.0 Å². The second kappa shape index (κ2) is 11.0. The van der Waals surface area contributed by atoms with Gasteiger partial charge in [0, 0.05) is 19.2 Å². The number of benzene rings is 2. The number of carbonyl (C=O) groups is 1. The summed E-state index contributed by atoms with van der Waals surface area (Å²) in [4.78, 5) is 21.4. The Labute approximate surface area is 213 Å². The van der Waals surface area contributed by atoms with Crippen LogP contribution in [0, 0.1) is 0 Å². The van der Waals surface area contributed by atoms with Gasteiger partial charge in [0.05, 0.1) is 18.8 Å². The molecule has 2 aliphatic rings. The highest BCUT2D eigenvalue weighted by Gasteiger charge is 2.26. The number of rotatable bonds is 9. The molecule has 0 saturated carbocycles. The normalized spacial score (nSPS) is 15.6. The number of hydrogen-bond donors (Lipinski definition) is 2. The van der Waals surface area contributed by atoms with Crippen molar-refractivity contribution in [1.29, 1.82) is 0 Å². The number of nitrogens with one attached hydrogen (secondary N) is 1. The number of pyridine rings is 1. The van der Waals surface area contributed by atoms with Crippen molar-refractivity contribution >= 4 is 23.1 Å². The minimum absolute atomic E-state index is 0.0959. The van der Waals surface area contributed by atoms with E-state index in [0.717, 1.165) is 30.6 Å². The highest BCUT2D eigenvalue weighted by molar-refractivity contribution is 6.04. The van der Waals surface area contributed by atoms with E-state index in [1.807, 2.05) is 11.0 Å². The average molecular weight is 486 g/mol. The molecule has 0 aliphatic carbocycles. The molecule has 0 bridgehead atoms. The molecule has 3 heterocycles. The first kappa shape index (κ1) is 24.1. The Kier molecular flexibility index (Phi) is 7.37. The number of likely N-dealkylation sites (tertiary alicyclic amines) is 1. The topological polar surface area (TPSA) is 83.7 Å². The van der Waals surface area contributed by atoms with Gasteiger partial charge in [-0.25, -0.2) is 0 Å². The van der Waals surface area contributed by atoms with Gasteiger partial charge in [0.25, 0.3) is 0 Å². The molecule has 2 aromatic carbocycles. The van der Waals surface area contributed by atoms with Crippen molar-refractivity contribution in [3.63, 3.8) is 0 Å². The van der Waals surface area contributed by atoms with Crippen LogP contribution < -0.4 is 20.7 Å². The molecule has 1 fully saturated rings. The van der Waals surface area contributed by atoms with Gasteiger partial charge in [0.2, 0.25) is 11.8 Å². The van der Waals surface area contributed by atoms with E-state index in [2.05, 4.69) is 70.7 Å². The lowest BCUT2D eigenvalue weighted by atomic mass is 10.0. The number of hydrogen-bond acceptors (Lipinski definition) is 6. The molecule has 5 rings (SSSR count). The van der Waals surface area contributed by atoms with Crippen molar-refractivity contribution in [3.05, 3.63) is 65.7 Å². The van der Waals surface area contributed by atoms with E-state index in [1.54, 1.807) is 0 Å². The maximum atomic E-state index is 12.5. The molecule has 7 nitrogen and oxygen atoms in total. The molecule has 2 aliphatic heterocycles. The van der Waals surface area contributed by atoms with E-state index in [0.29, 0.717) is 24.7 Å². The summed E-state index contributed by atoms with van der Waals surface area (Å²) in [5.74, 6) is 0.673. The summed E-state index contributed by atoms with van der Waals surface area (Å²) in [6.45, 7) is 6.93. The second-order valence-electron chi connectivity index (χ2n) is 9.73. The summed E-state index contributed by atoms with van der Waals surface area (Å²) in [6, 6.07) is 19.3. The quantitative estimate of drug-likeness (QED) is 0.412. The van der Waals surface area contributed by atoms with Crippen LogP contribution >= 0.6 is 0 Å². The van der Waals surface area contributed by atoms with E-state index >= 15 is 0 Å². The fraction of sp³-hybridized carbons (Fsp3) is 0.379. The Morgan fingerprint density at radius 1 is 1.00 bits per heavy atom. The zero-order chi connectivity index (χ0) is 24.9. The largest absolute Gasteiger partial charge is 0.478 e. The Balaban J connectivity index is 1.37. The molecule has 0 atom stereocenters. The lowest BCUT2D eigenvalue weighted by Gasteiger charge is -2.31. The molecular formula is C29H35N5O2. The lowest BCUT2D eigenvalue weighted by molar-refractivity contribution is -0.115. The van der Waals surface area contributed by atoms with Crippen LogP contribution in [0.3, 0.4) is 0 Å². The molecule has 1 saturated heterocycles. The van der Waals surface area contributed by atoms with Crippen LogP contribution in [0.15, 0.2) is 54.6 Å². The molecule has 0 radical (unpaired) electrons. The van der Waals surface area contributed by atoms with Gasteiger partial charge in [-0.3, -0.25) is 9.69 Å². The summed E-state index contributed by atoms with van der Waals surface area (Å²) >= 11 is 0. The first-order valence-electron chi connectivity index (χ1n) is 13.0. The molecule has 1 aromatic heterocycles. The SMILES string of the molecule is CCCCOc1cc2c(c(N)n1)NC(=O)CN2Cc1cccc(-c2cccc(CN3CCCC3)c2)c1. The fourth-order valence-electron chi connectivity index (χ4n) is 5.00. The van der Waals surface area contributed by atoms with Gasteiger partial charge in [-0.05, 0) is 66.7 Å². The Hall–Kier alpha value is -3.58. The molecule has 188 valence electrons. The minimum Gasteiger partial charge on any atom is -0.478 e. The number of nitrogen functional groups attached to an aromatic ring is 1. The maximum Gasteiger partial charge on any atom is 0.244 e.